The minimum absolute atomic E-state index is 0.00629. The Kier molecular flexibility index (Phi) is 6.47. The molecule has 1 atom stereocenters. The fourth-order valence-corrected chi connectivity index (χ4v) is 3.89. The fourth-order valence-electron chi connectivity index (χ4n) is 3.20. The summed E-state index contributed by atoms with van der Waals surface area (Å²) in [6, 6.07) is 11.5. The molecule has 1 aromatic heterocycles. The molecular formula is C20H25N3O3S. The molecule has 0 unspecified atom stereocenters. The number of ether oxygens (including phenoxy) is 1. The summed E-state index contributed by atoms with van der Waals surface area (Å²) in [7, 11) is 1.65. The second-order valence-corrected chi connectivity index (χ2v) is 7.44. The van der Waals surface area contributed by atoms with E-state index in [1.54, 1.807) is 7.11 Å². The fraction of sp³-hybridized carbons (Fsp3) is 0.400. The van der Waals surface area contributed by atoms with Crippen LogP contribution in [-0.2, 0) is 4.79 Å². The number of amides is 2. The van der Waals surface area contributed by atoms with E-state index in [2.05, 4.69) is 5.32 Å². The van der Waals surface area contributed by atoms with Crippen LogP contribution in [0.5, 0.6) is 5.75 Å². The number of hydrogen-bond donors (Lipinski definition) is 1. The van der Waals surface area contributed by atoms with Gasteiger partial charge in [-0.05, 0) is 24.4 Å². The zero-order valence-electron chi connectivity index (χ0n) is 15.7. The van der Waals surface area contributed by atoms with Crippen LogP contribution in [0.2, 0.25) is 0 Å². The molecule has 0 aliphatic carbocycles. The first-order chi connectivity index (χ1) is 13.1. The van der Waals surface area contributed by atoms with Crippen LogP contribution in [0.15, 0.2) is 41.8 Å². The van der Waals surface area contributed by atoms with Crippen molar-refractivity contribution in [2.45, 2.75) is 13.0 Å². The lowest BCUT2D eigenvalue weighted by Gasteiger charge is -2.34. The van der Waals surface area contributed by atoms with Crippen molar-refractivity contribution in [3.63, 3.8) is 0 Å². The molecule has 0 bridgehead atoms. The molecule has 6 nitrogen and oxygen atoms in total. The Bertz CT molecular complexity index is 771. The monoisotopic (exact) mass is 387 g/mol. The number of nitrogens with one attached hydrogen (secondary N) is 1. The standard InChI is InChI=1S/C20H25N3O3S/c1-15(16-6-3-4-7-17(16)26-2)21-14-19(24)22-9-11-23(12-10-22)20(25)18-8-5-13-27-18/h3-8,13,15,21H,9-12,14H2,1-2H3/t15-/m0/s1. The van der Waals surface area contributed by atoms with Crippen molar-refractivity contribution >= 4 is 23.2 Å². The van der Waals surface area contributed by atoms with Crippen LogP contribution in [0.3, 0.4) is 0 Å². The Morgan fingerprint density at radius 1 is 1.11 bits per heavy atom. The van der Waals surface area contributed by atoms with Crippen molar-refractivity contribution in [2.75, 3.05) is 39.8 Å². The van der Waals surface area contributed by atoms with Crippen molar-refractivity contribution < 1.29 is 14.3 Å². The van der Waals surface area contributed by atoms with Crippen molar-refractivity contribution in [3.8, 4) is 5.75 Å². The number of hydrogen-bond acceptors (Lipinski definition) is 5. The number of carbonyl (C=O) groups is 2. The number of benzene rings is 1. The summed E-state index contributed by atoms with van der Waals surface area (Å²) in [5.41, 5.74) is 1.03. The van der Waals surface area contributed by atoms with Gasteiger partial charge in [-0.1, -0.05) is 24.3 Å². The van der Waals surface area contributed by atoms with E-state index in [4.69, 9.17) is 4.74 Å². The molecule has 1 fully saturated rings. The van der Waals surface area contributed by atoms with Gasteiger partial charge in [0.15, 0.2) is 0 Å². The number of carbonyl (C=O) groups excluding carboxylic acids is 2. The molecule has 1 aliphatic rings. The molecule has 1 N–H and O–H groups in total. The van der Waals surface area contributed by atoms with Gasteiger partial charge in [-0.15, -0.1) is 11.3 Å². The maximum Gasteiger partial charge on any atom is 0.264 e. The highest BCUT2D eigenvalue weighted by atomic mass is 32.1. The van der Waals surface area contributed by atoms with Gasteiger partial charge in [0, 0.05) is 37.8 Å². The van der Waals surface area contributed by atoms with Gasteiger partial charge >= 0.3 is 0 Å². The summed E-state index contributed by atoms with van der Waals surface area (Å²) in [6.07, 6.45) is 0. The quantitative estimate of drug-likeness (QED) is 0.827. The zero-order valence-corrected chi connectivity index (χ0v) is 16.5. The number of rotatable bonds is 6. The second kappa shape index (κ2) is 9.01. The van der Waals surface area contributed by atoms with Crippen LogP contribution in [0.25, 0.3) is 0 Å². The van der Waals surface area contributed by atoms with E-state index >= 15 is 0 Å². The molecule has 7 heteroatoms. The Labute approximate surface area is 163 Å². The van der Waals surface area contributed by atoms with E-state index in [1.165, 1.54) is 11.3 Å². The minimum atomic E-state index is 0.00629. The molecule has 27 heavy (non-hydrogen) atoms. The average Bonchev–Trinajstić information content (AvgIpc) is 3.26. The molecule has 0 spiro atoms. The van der Waals surface area contributed by atoms with Gasteiger partial charge in [0.25, 0.3) is 5.91 Å². The molecule has 3 rings (SSSR count). The third kappa shape index (κ3) is 4.67. The van der Waals surface area contributed by atoms with E-state index < -0.39 is 0 Å². The van der Waals surface area contributed by atoms with Crippen LogP contribution in [0, 0.1) is 0 Å². The first kappa shape index (κ1) is 19.4. The van der Waals surface area contributed by atoms with E-state index in [1.807, 2.05) is 58.5 Å². The predicted octanol–water partition coefficient (Wildman–Crippen LogP) is 2.39. The van der Waals surface area contributed by atoms with Crippen molar-refractivity contribution in [3.05, 3.63) is 52.2 Å². The van der Waals surface area contributed by atoms with Gasteiger partial charge < -0.3 is 19.9 Å². The number of thiophene rings is 1. The Morgan fingerprint density at radius 3 is 2.48 bits per heavy atom. The first-order valence-corrected chi connectivity index (χ1v) is 9.95. The summed E-state index contributed by atoms with van der Waals surface area (Å²) in [5.74, 6) is 0.922. The predicted molar refractivity (Wildman–Crippen MR) is 106 cm³/mol. The van der Waals surface area contributed by atoms with Gasteiger partial charge in [0.2, 0.25) is 5.91 Å². The lowest BCUT2D eigenvalue weighted by molar-refractivity contribution is -0.131. The Balaban J connectivity index is 1.47. The molecule has 1 aliphatic heterocycles. The Morgan fingerprint density at radius 2 is 1.81 bits per heavy atom. The molecule has 144 valence electrons. The van der Waals surface area contributed by atoms with Gasteiger partial charge in [-0.3, -0.25) is 9.59 Å². The van der Waals surface area contributed by atoms with Crippen molar-refractivity contribution in [2.24, 2.45) is 0 Å². The average molecular weight is 388 g/mol. The highest BCUT2D eigenvalue weighted by Gasteiger charge is 2.25. The summed E-state index contributed by atoms with van der Waals surface area (Å²) in [4.78, 5) is 29.3. The first-order valence-electron chi connectivity index (χ1n) is 9.07. The third-order valence-electron chi connectivity index (χ3n) is 4.82. The maximum absolute atomic E-state index is 12.5. The van der Waals surface area contributed by atoms with Crippen LogP contribution < -0.4 is 10.1 Å². The normalized spacial score (nSPS) is 15.5. The maximum atomic E-state index is 12.5. The van der Waals surface area contributed by atoms with Crippen LogP contribution in [-0.4, -0.2) is 61.4 Å². The van der Waals surface area contributed by atoms with Crippen molar-refractivity contribution in [1.29, 1.82) is 0 Å². The number of methoxy groups -OCH3 is 1. The summed E-state index contributed by atoms with van der Waals surface area (Å²) >= 11 is 1.45. The SMILES string of the molecule is COc1ccccc1[C@H](C)NCC(=O)N1CCN(C(=O)c2cccs2)CC1. The summed E-state index contributed by atoms with van der Waals surface area (Å²) in [5, 5.41) is 5.18. The largest absolute Gasteiger partial charge is 0.496 e. The highest BCUT2D eigenvalue weighted by molar-refractivity contribution is 7.12. The van der Waals surface area contributed by atoms with E-state index in [9.17, 15) is 9.59 Å². The molecule has 2 aromatic rings. The van der Waals surface area contributed by atoms with Crippen molar-refractivity contribution in [1.82, 2.24) is 15.1 Å². The Hall–Kier alpha value is -2.38. The molecule has 2 heterocycles. The van der Waals surface area contributed by atoms with Gasteiger partial charge in [0.05, 0.1) is 18.5 Å². The zero-order chi connectivity index (χ0) is 19.2. The second-order valence-electron chi connectivity index (χ2n) is 6.49. The number of para-hydroxylation sites is 1. The van der Waals surface area contributed by atoms with E-state index in [0.29, 0.717) is 26.2 Å². The van der Waals surface area contributed by atoms with E-state index in [-0.39, 0.29) is 24.4 Å². The molecule has 0 radical (unpaired) electrons. The lowest BCUT2D eigenvalue weighted by Crippen LogP contribution is -2.52. The van der Waals surface area contributed by atoms with Crippen LogP contribution >= 0.6 is 11.3 Å². The lowest BCUT2D eigenvalue weighted by atomic mass is 10.1. The number of piperazine rings is 1. The highest BCUT2D eigenvalue weighted by Crippen LogP contribution is 2.24. The van der Waals surface area contributed by atoms with Crippen LogP contribution in [0.1, 0.15) is 28.2 Å². The van der Waals surface area contributed by atoms with Gasteiger partial charge in [-0.25, -0.2) is 0 Å². The topological polar surface area (TPSA) is 61.9 Å². The molecule has 0 saturated carbocycles. The van der Waals surface area contributed by atoms with Gasteiger partial charge in [-0.2, -0.15) is 0 Å². The summed E-state index contributed by atoms with van der Waals surface area (Å²) < 4.78 is 5.38. The smallest absolute Gasteiger partial charge is 0.264 e. The minimum Gasteiger partial charge on any atom is -0.496 e. The third-order valence-corrected chi connectivity index (χ3v) is 5.67. The molecule has 1 aromatic carbocycles. The van der Waals surface area contributed by atoms with Crippen LogP contribution in [0.4, 0.5) is 0 Å². The molecule has 2 amide bonds. The van der Waals surface area contributed by atoms with E-state index in [0.717, 1.165) is 16.2 Å². The number of nitrogens with zero attached hydrogens (tertiary/aromatic N) is 2. The molecule has 1 saturated heterocycles. The molecular weight excluding hydrogens is 362 g/mol. The summed E-state index contributed by atoms with van der Waals surface area (Å²) in [6.45, 7) is 4.57. The van der Waals surface area contributed by atoms with Gasteiger partial charge in [0.1, 0.15) is 5.75 Å².